The van der Waals surface area contributed by atoms with E-state index < -0.39 is 34.9 Å². The SMILES string of the molecule is CSC1COC(/C=C/C=C(/C2CCC([N+](=O)[O-])CC2)C(F)(F)F)OC1. The van der Waals surface area contributed by atoms with E-state index in [0.29, 0.717) is 13.2 Å². The van der Waals surface area contributed by atoms with Crippen molar-refractivity contribution in [3.63, 3.8) is 0 Å². The molecule has 1 heterocycles. The van der Waals surface area contributed by atoms with Gasteiger partial charge >= 0.3 is 6.18 Å². The van der Waals surface area contributed by atoms with Gasteiger partial charge in [-0.05, 0) is 31.1 Å². The maximum absolute atomic E-state index is 13.3. The molecule has 0 unspecified atom stereocenters. The van der Waals surface area contributed by atoms with Gasteiger partial charge in [0.05, 0.1) is 18.5 Å². The monoisotopic (exact) mass is 381 g/mol. The second kappa shape index (κ2) is 9.05. The molecule has 142 valence electrons. The Labute approximate surface area is 148 Å². The Morgan fingerprint density at radius 1 is 1.20 bits per heavy atom. The Bertz CT molecular complexity index is 508. The van der Waals surface area contributed by atoms with Crippen LogP contribution in [0.1, 0.15) is 25.7 Å². The number of hydrogen-bond donors (Lipinski definition) is 0. The van der Waals surface area contributed by atoms with Crippen molar-refractivity contribution in [3.05, 3.63) is 33.9 Å². The van der Waals surface area contributed by atoms with Crippen molar-refractivity contribution in [1.29, 1.82) is 0 Å². The molecule has 0 radical (unpaired) electrons. The third-order valence-electron chi connectivity index (χ3n) is 4.53. The van der Waals surface area contributed by atoms with Gasteiger partial charge < -0.3 is 9.47 Å². The molecule has 0 bridgehead atoms. The molecule has 2 fully saturated rings. The summed E-state index contributed by atoms with van der Waals surface area (Å²) >= 11 is 1.62. The highest BCUT2D eigenvalue weighted by Gasteiger charge is 2.41. The van der Waals surface area contributed by atoms with Gasteiger partial charge in [0.25, 0.3) is 0 Å². The normalized spacial score (nSPS) is 32.1. The first-order valence-corrected chi connectivity index (χ1v) is 9.45. The molecule has 0 spiro atoms. The number of ether oxygens (including phenoxy) is 2. The number of halogens is 3. The standard InChI is InChI=1S/C16H22F3NO4S/c1-25-13-9-23-15(24-10-13)4-2-3-14(16(17,18)19)11-5-7-12(8-6-11)20(21)22/h2-4,11-13,15H,5-10H2,1H3/b4-2+,14-3-. The maximum atomic E-state index is 13.3. The Balaban J connectivity index is 1.97. The van der Waals surface area contributed by atoms with Crippen LogP contribution < -0.4 is 0 Å². The molecule has 1 aliphatic heterocycles. The van der Waals surface area contributed by atoms with Crippen molar-refractivity contribution >= 4 is 11.8 Å². The molecule has 5 nitrogen and oxygen atoms in total. The molecule has 9 heteroatoms. The Morgan fingerprint density at radius 2 is 1.80 bits per heavy atom. The summed E-state index contributed by atoms with van der Waals surface area (Å²) in [6.07, 6.45) is 1.39. The number of allylic oxidation sites excluding steroid dienone is 3. The molecule has 0 aromatic carbocycles. The van der Waals surface area contributed by atoms with Crippen molar-refractivity contribution in [2.75, 3.05) is 19.5 Å². The molecule has 0 atom stereocenters. The topological polar surface area (TPSA) is 61.6 Å². The molecule has 1 aliphatic carbocycles. The zero-order valence-corrected chi connectivity index (χ0v) is 14.7. The van der Waals surface area contributed by atoms with Crippen LogP contribution in [0.2, 0.25) is 0 Å². The summed E-state index contributed by atoms with van der Waals surface area (Å²) in [5.74, 6) is -0.699. The highest BCUT2D eigenvalue weighted by atomic mass is 32.2. The average Bonchev–Trinajstić information content (AvgIpc) is 2.58. The summed E-state index contributed by atoms with van der Waals surface area (Å²) in [5, 5.41) is 11.0. The number of alkyl halides is 3. The van der Waals surface area contributed by atoms with E-state index in [1.807, 2.05) is 6.26 Å². The third-order valence-corrected chi connectivity index (χ3v) is 5.47. The Hall–Kier alpha value is -1.06. The minimum absolute atomic E-state index is 0.177. The molecule has 2 aliphatic rings. The fraction of sp³-hybridized carbons (Fsp3) is 0.750. The lowest BCUT2D eigenvalue weighted by atomic mass is 9.81. The van der Waals surface area contributed by atoms with Crippen LogP contribution >= 0.6 is 11.8 Å². The van der Waals surface area contributed by atoms with Crippen molar-refractivity contribution < 1.29 is 27.6 Å². The van der Waals surface area contributed by atoms with Crippen LogP contribution in [0.15, 0.2) is 23.8 Å². The van der Waals surface area contributed by atoms with Gasteiger partial charge in [-0.15, -0.1) is 0 Å². The van der Waals surface area contributed by atoms with Crippen LogP contribution in [0.25, 0.3) is 0 Å². The summed E-state index contributed by atoms with van der Waals surface area (Å²) in [6, 6.07) is -0.727. The second-order valence-electron chi connectivity index (χ2n) is 6.19. The van der Waals surface area contributed by atoms with Crippen LogP contribution in [-0.4, -0.2) is 48.2 Å². The molecule has 1 saturated carbocycles. The van der Waals surface area contributed by atoms with E-state index in [0.717, 1.165) is 6.08 Å². The summed E-state index contributed by atoms with van der Waals surface area (Å²) in [5.41, 5.74) is -0.636. The van der Waals surface area contributed by atoms with Gasteiger partial charge in [-0.2, -0.15) is 24.9 Å². The van der Waals surface area contributed by atoms with E-state index in [2.05, 4.69) is 0 Å². The molecular formula is C16H22F3NO4S. The van der Waals surface area contributed by atoms with Gasteiger partial charge in [0.2, 0.25) is 6.04 Å². The van der Waals surface area contributed by atoms with Crippen molar-refractivity contribution in [1.82, 2.24) is 0 Å². The lowest BCUT2D eigenvalue weighted by Crippen LogP contribution is -2.32. The molecule has 1 saturated heterocycles. The van der Waals surface area contributed by atoms with E-state index in [4.69, 9.17) is 9.47 Å². The summed E-state index contributed by atoms with van der Waals surface area (Å²) in [4.78, 5) is 10.4. The lowest BCUT2D eigenvalue weighted by Gasteiger charge is -2.27. The first-order chi connectivity index (χ1) is 11.8. The zero-order valence-electron chi connectivity index (χ0n) is 13.9. The van der Waals surface area contributed by atoms with Crippen molar-refractivity contribution in [3.8, 4) is 0 Å². The highest BCUT2D eigenvalue weighted by molar-refractivity contribution is 7.99. The number of nitrogens with zero attached hydrogens (tertiary/aromatic N) is 1. The van der Waals surface area contributed by atoms with Crippen LogP contribution in [0.3, 0.4) is 0 Å². The Kier molecular flexibility index (Phi) is 7.33. The van der Waals surface area contributed by atoms with Gasteiger partial charge in [-0.3, -0.25) is 10.1 Å². The number of hydrogen-bond acceptors (Lipinski definition) is 5. The fourth-order valence-electron chi connectivity index (χ4n) is 3.06. The van der Waals surface area contributed by atoms with Gasteiger partial charge in [-0.1, -0.05) is 12.2 Å². The average molecular weight is 381 g/mol. The smallest absolute Gasteiger partial charge is 0.348 e. The second-order valence-corrected chi connectivity index (χ2v) is 7.33. The fourth-order valence-corrected chi connectivity index (χ4v) is 3.49. The zero-order chi connectivity index (χ0) is 18.4. The lowest BCUT2D eigenvalue weighted by molar-refractivity contribution is -0.526. The molecule has 2 rings (SSSR count). The summed E-state index contributed by atoms with van der Waals surface area (Å²) in [6.45, 7) is 0.994. The summed E-state index contributed by atoms with van der Waals surface area (Å²) in [7, 11) is 0. The molecule has 0 aromatic rings. The van der Waals surface area contributed by atoms with Gasteiger partial charge in [0.1, 0.15) is 0 Å². The van der Waals surface area contributed by atoms with Gasteiger partial charge in [-0.25, -0.2) is 0 Å². The molecular weight excluding hydrogens is 359 g/mol. The van der Waals surface area contributed by atoms with Crippen LogP contribution in [0, 0.1) is 16.0 Å². The predicted molar refractivity (Wildman–Crippen MR) is 89.0 cm³/mol. The van der Waals surface area contributed by atoms with E-state index in [1.165, 1.54) is 12.2 Å². The molecule has 0 amide bonds. The summed E-state index contributed by atoms with van der Waals surface area (Å²) < 4.78 is 50.8. The van der Waals surface area contributed by atoms with Crippen molar-refractivity contribution in [2.45, 2.75) is 49.4 Å². The minimum Gasteiger partial charge on any atom is -0.348 e. The minimum atomic E-state index is -4.45. The predicted octanol–water partition coefficient (Wildman–Crippen LogP) is 3.97. The maximum Gasteiger partial charge on any atom is 0.412 e. The van der Waals surface area contributed by atoms with Crippen LogP contribution in [-0.2, 0) is 9.47 Å². The number of nitro groups is 1. The van der Waals surface area contributed by atoms with Crippen LogP contribution in [0.5, 0.6) is 0 Å². The Morgan fingerprint density at radius 3 is 2.28 bits per heavy atom. The largest absolute Gasteiger partial charge is 0.412 e. The van der Waals surface area contributed by atoms with Crippen LogP contribution in [0.4, 0.5) is 13.2 Å². The first kappa shape index (κ1) is 20.3. The molecule has 0 N–H and O–H groups in total. The highest BCUT2D eigenvalue weighted by Crippen LogP contribution is 2.39. The number of rotatable bonds is 5. The molecule has 0 aromatic heterocycles. The first-order valence-electron chi connectivity index (χ1n) is 8.16. The van der Waals surface area contributed by atoms with E-state index in [9.17, 15) is 23.3 Å². The number of thioether (sulfide) groups is 1. The third kappa shape index (κ3) is 6.00. The quantitative estimate of drug-likeness (QED) is 0.410. The van der Waals surface area contributed by atoms with Gasteiger partial charge in [0.15, 0.2) is 6.29 Å². The van der Waals surface area contributed by atoms with Gasteiger partial charge in [0, 0.05) is 23.3 Å². The van der Waals surface area contributed by atoms with E-state index in [-0.39, 0.29) is 30.9 Å². The van der Waals surface area contributed by atoms with E-state index >= 15 is 0 Å². The van der Waals surface area contributed by atoms with Crippen molar-refractivity contribution in [2.24, 2.45) is 5.92 Å². The van der Waals surface area contributed by atoms with E-state index in [1.54, 1.807) is 11.8 Å². The molecule has 25 heavy (non-hydrogen) atoms.